The summed E-state index contributed by atoms with van der Waals surface area (Å²) in [7, 11) is 1.15. The number of hydrogen-bond acceptors (Lipinski definition) is 8. The average Bonchev–Trinajstić information content (AvgIpc) is 3.12. The molecule has 2 atom stereocenters. The van der Waals surface area contributed by atoms with E-state index in [0.29, 0.717) is 17.4 Å². The Morgan fingerprint density at radius 1 is 0.556 bits per heavy atom. The molecule has 9 nitrogen and oxygen atoms in total. The van der Waals surface area contributed by atoms with Crippen LogP contribution in [0, 0.1) is 0 Å². The molecule has 10 heteroatoms. The minimum absolute atomic E-state index is 0.0344. The van der Waals surface area contributed by atoms with Crippen molar-refractivity contribution < 1.29 is 42.1 Å². The first kappa shape index (κ1) is 52.5. The molecule has 0 spiro atoms. The molecule has 318 valence electrons. The molecule has 0 radical (unpaired) electrons. The van der Waals surface area contributed by atoms with Crippen molar-refractivity contribution in [2.24, 2.45) is 0 Å². The predicted molar refractivity (Wildman–Crippen MR) is 222 cm³/mol. The minimum Gasteiger partial charge on any atom is -0.756 e. The molecule has 0 aromatic carbocycles. The summed E-state index contributed by atoms with van der Waals surface area (Å²) in [5, 5.41) is 0. The molecule has 0 N–H and O–H groups in total. The van der Waals surface area contributed by atoms with Crippen LogP contribution in [0.15, 0.2) is 24.3 Å². The topological polar surface area (TPSA) is 111 Å². The quantitative estimate of drug-likeness (QED) is 0.0198. The van der Waals surface area contributed by atoms with Crippen LogP contribution in [0.3, 0.4) is 0 Å². The highest BCUT2D eigenvalue weighted by atomic mass is 31.2. The van der Waals surface area contributed by atoms with E-state index in [2.05, 4.69) is 38.2 Å². The fraction of sp³-hybridized carbons (Fsp3) is 0.864. The number of allylic oxidation sites excluding steroid dienone is 4. The van der Waals surface area contributed by atoms with E-state index in [1.807, 2.05) is 21.1 Å². The number of phosphoric ester groups is 1. The molecule has 0 bridgehead atoms. The normalized spacial score (nSPS) is 13.8. The Morgan fingerprint density at radius 3 is 1.41 bits per heavy atom. The number of likely N-dealkylation sites (N-methyl/N-ethyl adjacent to an activating group) is 1. The van der Waals surface area contributed by atoms with Crippen LogP contribution >= 0.6 is 7.82 Å². The molecule has 1 unspecified atom stereocenters. The van der Waals surface area contributed by atoms with Crippen molar-refractivity contribution in [1.29, 1.82) is 0 Å². The van der Waals surface area contributed by atoms with Crippen LogP contribution in [0.25, 0.3) is 0 Å². The van der Waals surface area contributed by atoms with E-state index in [-0.39, 0.29) is 26.1 Å². The molecule has 0 aliphatic rings. The van der Waals surface area contributed by atoms with Gasteiger partial charge in [0.1, 0.15) is 19.8 Å². The lowest BCUT2D eigenvalue weighted by molar-refractivity contribution is -0.870. The summed E-state index contributed by atoms with van der Waals surface area (Å²) in [6.07, 6.45) is 39.2. The number of esters is 2. The van der Waals surface area contributed by atoms with Gasteiger partial charge < -0.3 is 27.9 Å². The molecule has 0 aliphatic carbocycles. The fourth-order valence-corrected chi connectivity index (χ4v) is 6.67. The predicted octanol–water partition coefficient (Wildman–Crippen LogP) is 11.7. The van der Waals surface area contributed by atoms with Crippen molar-refractivity contribution in [2.45, 2.75) is 200 Å². The van der Waals surface area contributed by atoms with Crippen molar-refractivity contribution in [1.82, 2.24) is 0 Å². The van der Waals surface area contributed by atoms with Gasteiger partial charge in [-0.1, -0.05) is 141 Å². The van der Waals surface area contributed by atoms with Crippen LogP contribution in [0.5, 0.6) is 0 Å². The SMILES string of the molecule is CCCCCCCC/C=C/CCCCCCCC(=O)OC[C@H](COP(=O)([O-])OCC[N+](C)(C)C)OC(=O)CCCC/C=C/CCCCCCCCCCC. The van der Waals surface area contributed by atoms with Gasteiger partial charge in [-0.25, -0.2) is 0 Å². The summed E-state index contributed by atoms with van der Waals surface area (Å²) < 4.78 is 33.8. The molecule has 0 aromatic rings. The van der Waals surface area contributed by atoms with Crippen molar-refractivity contribution in [2.75, 3.05) is 47.5 Å². The van der Waals surface area contributed by atoms with Crippen LogP contribution in [0.4, 0.5) is 0 Å². The smallest absolute Gasteiger partial charge is 0.306 e. The van der Waals surface area contributed by atoms with E-state index in [4.69, 9.17) is 18.5 Å². The zero-order chi connectivity index (χ0) is 40.0. The lowest BCUT2D eigenvalue weighted by Crippen LogP contribution is -2.37. The third kappa shape index (κ3) is 40.2. The summed E-state index contributed by atoms with van der Waals surface area (Å²) in [4.78, 5) is 37.5. The van der Waals surface area contributed by atoms with Crippen molar-refractivity contribution in [3.05, 3.63) is 24.3 Å². The van der Waals surface area contributed by atoms with Gasteiger partial charge in [-0.3, -0.25) is 14.2 Å². The van der Waals surface area contributed by atoms with Gasteiger partial charge in [0.05, 0.1) is 27.7 Å². The number of quaternary nitrogens is 1. The number of carbonyl (C=O) groups is 2. The van der Waals surface area contributed by atoms with Gasteiger partial charge in [-0.2, -0.15) is 0 Å². The third-order valence-corrected chi connectivity index (χ3v) is 10.4. The Morgan fingerprint density at radius 2 is 0.944 bits per heavy atom. The Labute approximate surface area is 332 Å². The lowest BCUT2D eigenvalue weighted by Gasteiger charge is -2.28. The second-order valence-electron chi connectivity index (χ2n) is 16.1. The Bertz CT molecular complexity index is 980. The zero-order valence-corrected chi connectivity index (χ0v) is 36.6. The zero-order valence-electron chi connectivity index (χ0n) is 35.7. The summed E-state index contributed by atoms with van der Waals surface area (Å²) in [6, 6.07) is 0. The van der Waals surface area contributed by atoms with Crippen LogP contribution in [-0.4, -0.2) is 70.0 Å². The Kier molecular flexibility index (Phi) is 36.1. The van der Waals surface area contributed by atoms with E-state index in [9.17, 15) is 19.0 Å². The standard InChI is InChI=1S/C44H84NO8P/c1-6-8-10-12-14-16-18-20-22-24-26-28-30-32-34-36-43(46)50-40-42(41-52-54(48,49)51-39-38-45(3,4)5)53-44(47)37-35-33-31-29-27-25-23-21-19-17-15-13-11-9-7-2/h20,22,27,29,42H,6-19,21,23-26,28,30-41H2,1-5H3/b22-20+,29-27+/t42-/m1/s1. The van der Waals surface area contributed by atoms with Crippen LogP contribution < -0.4 is 4.89 Å². The van der Waals surface area contributed by atoms with E-state index in [0.717, 1.165) is 57.8 Å². The molecular weight excluding hydrogens is 701 g/mol. The van der Waals surface area contributed by atoms with Gasteiger partial charge in [0, 0.05) is 12.8 Å². The Hall–Kier alpha value is -1.51. The summed E-state index contributed by atoms with van der Waals surface area (Å²) in [5.74, 6) is -0.866. The van der Waals surface area contributed by atoms with Gasteiger partial charge >= 0.3 is 11.9 Å². The fourth-order valence-electron chi connectivity index (χ4n) is 5.94. The first-order valence-electron chi connectivity index (χ1n) is 22.0. The number of rotatable bonds is 40. The maximum atomic E-state index is 12.6. The van der Waals surface area contributed by atoms with E-state index < -0.39 is 32.5 Å². The third-order valence-electron chi connectivity index (χ3n) is 9.44. The van der Waals surface area contributed by atoms with E-state index in [1.54, 1.807) is 0 Å². The Balaban J connectivity index is 4.39. The average molecular weight is 786 g/mol. The summed E-state index contributed by atoms with van der Waals surface area (Å²) in [6.45, 7) is 4.19. The first-order valence-corrected chi connectivity index (χ1v) is 23.5. The molecule has 0 aliphatic heterocycles. The lowest BCUT2D eigenvalue weighted by atomic mass is 10.1. The maximum absolute atomic E-state index is 12.6. The van der Waals surface area contributed by atoms with Crippen LogP contribution in [-0.2, 0) is 32.7 Å². The second-order valence-corrected chi connectivity index (χ2v) is 17.5. The van der Waals surface area contributed by atoms with Crippen LogP contribution in [0.2, 0.25) is 0 Å². The molecular formula is C44H84NO8P. The molecule has 0 rings (SSSR count). The van der Waals surface area contributed by atoms with E-state index >= 15 is 0 Å². The molecule has 0 heterocycles. The number of nitrogens with zero attached hydrogens (tertiary/aromatic N) is 1. The largest absolute Gasteiger partial charge is 0.756 e. The van der Waals surface area contributed by atoms with Gasteiger partial charge in [0.2, 0.25) is 0 Å². The van der Waals surface area contributed by atoms with Gasteiger partial charge in [0.25, 0.3) is 7.82 Å². The molecule has 0 fully saturated rings. The van der Waals surface area contributed by atoms with Gasteiger partial charge in [-0.05, 0) is 64.2 Å². The first-order chi connectivity index (χ1) is 26.0. The molecule has 0 saturated carbocycles. The highest BCUT2D eigenvalue weighted by molar-refractivity contribution is 7.45. The van der Waals surface area contributed by atoms with Crippen LogP contribution in [0.1, 0.15) is 194 Å². The maximum Gasteiger partial charge on any atom is 0.306 e. The minimum atomic E-state index is -4.63. The van der Waals surface area contributed by atoms with Gasteiger partial charge in [-0.15, -0.1) is 0 Å². The summed E-state index contributed by atoms with van der Waals surface area (Å²) >= 11 is 0. The van der Waals surface area contributed by atoms with Gasteiger partial charge in [0.15, 0.2) is 6.10 Å². The molecule has 0 aromatic heterocycles. The van der Waals surface area contributed by atoms with Crippen molar-refractivity contribution >= 4 is 19.8 Å². The van der Waals surface area contributed by atoms with Crippen molar-refractivity contribution in [3.63, 3.8) is 0 Å². The number of carbonyl (C=O) groups excluding carboxylic acids is 2. The molecule has 0 saturated heterocycles. The number of phosphoric acid groups is 1. The molecule has 54 heavy (non-hydrogen) atoms. The van der Waals surface area contributed by atoms with Crippen molar-refractivity contribution in [3.8, 4) is 0 Å². The number of unbranched alkanes of at least 4 members (excludes halogenated alkanes) is 22. The molecule has 0 amide bonds. The summed E-state index contributed by atoms with van der Waals surface area (Å²) in [5.41, 5.74) is 0. The monoisotopic (exact) mass is 786 g/mol. The number of hydrogen-bond donors (Lipinski definition) is 0. The number of ether oxygens (including phenoxy) is 2. The second kappa shape index (κ2) is 37.1. The highest BCUT2D eigenvalue weighted by Gasteiger charge is 2.21. The highest BCUT2D eigenvalue weighted by Crippen LogP contribution is 2.38. The van der Waals surface area contributed by atoms with E-state index in [1.165, 1.54) is 103 Å².